The summed E-state index contributed by atoms with van der Waals surface area (Å²) in [5, 5.41) is 3.02. The Morgan fingerprint density at radius 1 is 1.16 bits per heavy atom. The van der Waals surface area contributed by atoms with E-state index in [0.29, 0.717) is 18.8 Å². The first-order valence-corrected chi connectivity index (χ1v) is 8.96. The summed E-state index contributed by atoms with van der Waals surface area (Å²) < 4.78 is 22.7. The van der Waals surface area contributed by atoms with E-state index in [-0.39, 0.29) is 35.4 Å². The molecule has 0 aromatic carbocycles. The van der Waals surface area contributed by atoms with E-state index in [1.165, 1.54) is 0 Å². The zero-order valence-electron chi connectivity index (χ0n) is 11.5. The molecule has 19 heavy (non-hydrogen) atoms. The molecule has 0 bridgehead atoms. The van der Waals surface area contributed by atoms with Gasteiger partial charge >= 0.3 is 0 Å². The maximum absolute atomic E-state index is 12.2. The van der Waals surface area contributed by atoms with Gasteiger partial charge in [0.25, 0.3) is 0 Å². The summed E-state index contributed by atoms with van der Waals surface area (Å²) >= 11 is 0. The smallest absolute Gasteiger partial charge is 0.223 e. The molecule has 110 valence electrons. The number of rotatable bonds is 2. The molecule has 0 spiro atoms. The van der Waals surface area contributed by atoms with Gasteiger partial charge in [0, 0.05) is 18.0 Å². The van der Waals surface area contributed by atoms with Gasteiger partial charge in [0.05, 0.1) is 11.5 Å². The van der Waals surface area contributed by atoms with Crippen LogP contribution in [0, 0.1) is 11.8 Å². The van der Waals surface area contributed by atoms with Crippen molar-refractivity contribution in [2.45, 2.75) is 51.1 Å². The van der Waals surface area contributed by atoms with Gasteiger partial charge in [-0.2, -0.15) is 0 Å². The number of carbonyl (C=O) groups excluding carboxylic acids is 1. The molecule has 0 aromatic rings. The maximum Gasteiger partial charge on any atom is 0.223 e. The van der Waals surface area contributed by atoms with Crippen molar-refractivity contribution < 1.29 is 13.2 Å². The summed E-state index contributed by atoms with van der Waals surface area (Å²) in [5.74, 6) is 0.918. The van der Waals surface area contributed by atoms with Crippen LogP contribution in [0.5, 0.6) is 0 Å². The molecule has 1 aliphatic carbocycles. The quantitative estimate of drug-likeness (QED) is 0.772. The lowest BCUT2D eigenvalue weighted by Gasteiger charge is -2.32. The SMILES string of the molecule is CC1CC(C(=O)NC2CCS(=O)(=O)CC2)CCC1N. The average molecular weight is 288 g/mol. The van der Waals surface area contributed by atoms with Crippen molar-refractivity contribution in [3.8, 4) is 0 Å². The number of nitrogens with two attached hydrogens (primary N) is 1. The topological polar surface area (TPSA) is 89.3 Å². The van der Waals surface area contributed by atoms with E-state index in [2.05, 4.69) is 12.2 Å². The predicted molar refractivity (Wildman–Crippen MR) is 74.3 cm³/mol. The van der Waals surface area contributed by atoms with Crippen molar-refractivity contribution in [3.63, 3.8) is 0 Å². The summed E-state index contributed by atoms with van der Waals surface area (Å²) in [5.41, 5.74) is 5.96. The lowest BCUT2D eigenvalue weighted by Crippen LogP contribution is -2.46. The van der Waals surface area contributed by atoms with Crippen molar-refractivity contribution in [1.29, 1.82) is 0 Å². The number of amides is 1. The van der Waals surface area contributed by atoms with Gasteiger partial charge < -0.3 is 11.1 Å². The van der Waals surface area contributed by atoms with Crippen molar-refractivity contribution >= 4 is 15.7 Å². The summed E-state index contributed by atoms with van der Waals surface area (Å²) in [6.07, 6.45) is 3.70. The average Bonchev–Trinajstić information content (AvgIpc) is 2.35. The van der Waals surface area contributed by atoms with E-state index in [1.807, 2.05) is 0 Å². The number of carbonyl (C=O) groups is 1. The molecule has 2 fully saturated rings. The van der Waals surface area contributed by atoms with Gasteiger partial charge in [0.1, 0.15) is 9.84 Å². The van der Waals surface area contributed by atoms with E-state index in [1.54, 1.807) is 0 Å². The van der Waals surface area contributed by atoms with Gasteiger partial charge in [0.15, 0.2) is 0 Å². The molecular formula is C13H24N2O3S. The third kappa shape index (κ3) is 3.92. The van der Waals surface area contributed by atoms with Crippen molar-refractivity contribution in [1.82, 2.24) is 5.32 Å². The lowest BCUT2D eigenvalue weighted by atomic mass is 9.79. The molecule has 0 radical (unpaired) electrons. The fraction of sp³-hybridized carbons (Fsp3) is 0.923. The number of hydrogen-bond acceptors (Lipinski definition) is 4. The molecule has 2 aliphatic rings. The summed E-state index contributed by atoms with van der Waals surface area (Å²) in [4.78, 5) is 12.2. The first-order valence-electron chi connectivity index (χ1n) is 7.14. The van der Waals surface area contributed by atoms with Crippen LogP contribution in [0.25, 0.3) is 0 Å². The Balaban J connectivity index is 1.82. The van der Waals surface area contributed by atoms with Crippen molar-refractivity contribution in [2.75, 3.05) is 11.5 Å². The third-order valence-electron chi connectivity index (χ3n) is 4.51. The largest absolute Gasteiger partial charge is 0.353 e. The van der Waals surface area contributed by atoms with Gasteiger partial charge in [-0.1, -0.05) is 6.92 Å². The Hall–Kier alpha value is -0.620. The van der Waals surface area contributed by atoms with Crippen molar-refractivity contribution in [2.24, 2.45) is 17.6 Å². The van der Waals surface area contributed by atoms with Gasteiger partial charge in [-0.25, -0.2) is 8.42 Å². The molecule has 1 saturated heterocycles. The second-order valence-corrected chi connectivity index (χ2v) is 8.39. The molecule has 5 nitrogen and oxygen atoms in total. The predicted octanol–water partition coefficient (Wildman–Crippen LogP) is 0.443. The van der Waals surface area contributed by atoms with Crippen LogP contribution < -0.4 is 11.1 Å². The van der Waals surface area contributed by atoms with E-state index in [0.717, 1.165) is 19.3 Å². The Morgan fingerprint density at radius 2 is 1.79 bits per heavy atom. The molecule has 2 rings (SSSR count). The standard InChI is InChI=1S/C13H24N2O3S/c1-9-8-10(2-3-12(9)14)13(16)15-11-4-6-19(17,18)7-5-11/h9-12H,2-8,14H2,1H3,(H,15,16). The molecule has 3 unspecified atom stereocenters. The monoisotopic (exact) mass is 288 g/mol. The summed E-state index contributed by atoms with van der Waals surface area (Å²) in [6, 6.07) is 0.241. The Morgan fingerprint density at radius 3 is 2.37 bits per heavy atom. The lowest BCUT2D eigenvalue weighted by molar-refractivity contribution is -0.127. The molecule has 1 amide bonds. The summed E-state index contributed by atoms with van der Waals surface area (Å²) in [7, 11) is -2.86. The maximum atomic E-state index is 12.2. The van der Waals surface area contributed by atoms with Crippen LogP contribution in [0.15, 0.2) is 0 Å². The van der Waals surface area contributed by atoms with Crippen LogP contribution in [-0.2, 0) is 14.6 Å². The highest BCUT2D eigenvalue weighted by Crippen LogP contribution is 2.28. The van der Waals surface area contributed by atoms with Gasteiger partial charge in [-0.15, -0.1) is 0 Å². The molecule has 0 aromatic heterocycles. The molecule has 3 atom stereocenters. The van der Waals surface area contributed by atoms with E-state index in [4.69, 9.17) is 5.73 Å². The van der Waals surface area contributed by atoms with E-state index >= 15 is 0 Å². The molecule has 1 saturated carbocycles. The summed E-state index contributed by atoms with van der Waals surface area (Å²) in [6.45, 7) is 2.09. The zero-order chi connectivity index (χ0) is 14.0. The van der Waals surface area contributed by atoms with Gasteiger partial charge in [-0.3, -0.25) is 4.79 Å². The number of hydrogen-bond donors (Lipinski definition) is 2. The minimum absolute atomic E-state index is 0.0296. The van der Waals surface area contributed by atoms with Crippen LogP contribution in [0.4, 0.5) is 0 Å². The highest BCUT2D eigenvalue weighted by molar-refractivity contribution is 7.91. The van der Waals surface area contributed by atoms with E-state index in [9.17, 15) is 13.2 Å². The highest BCUT2D eigenvalue weighted by atomic mass is 32.2. The zero-order valence-corrected chi connectivity index (χ0v) is 12.3. The fourth-order valence-electron chi connectivity index (χ4n) is 3.01. The fourth-order valence-corrected chi connectivity index (χ4v) is 4.50. The minimum Gasteiger partial charge on any atom is -0.353 e. The normalized spacial score (nSPS) is 35.8. The first kappa shape index (κ1) is 14.8. The Labute approximate surface area is 115 Å². The number of sulfone groups is 1. The molecule has 3 N–H and O–H groups in total. The van der Waals surface area contributed by atoms with Crippen molar-refractivity contribution in [3.05, 3.63) is 0 Å². The Bertz CT molecular complexity index is 421. The minimum atomic E-state index is -2.86. The van der Waals surface area contributed by atoms with Gasteiger partial charge in [0.2, 0.25) is 5.91 Å². The highest BCUT2D eigenvalue weighted by Gasteiger charge is 2.31. The first-order chi connectivity index (χ1) is 8.87. The van der Waals surface area contributed by atoms with Crippen LogP contribution in [0.3, 0.4) is 0 Å². The van der Waals surface area contributed by atoms with Crippen LogP contribution in [0.2, 0.25) is 0 Å². The third-order valence-corrected chi connectivity index (χ3v) is 6.22. The van der Waals surface area contributed by atoms with Crippen LogP contribution in [-0.4, -0.2) is 37.9 Å². The molecule has 1 aliphatic heterocycles. The number of nitrogens with one attached hydrogen (secondary N) is 1. The van der Waals surface area contributed by atoms with Crippen LogP contribution in [0.1, 0.15) is 39.0 Å². The second-order valence-electron chi connectivity index (χ2n) is 6.09. The molecule has 6 heteroatoms. The Kier molecular flexibility index (Phi) is 4.50. The molecule has 1 heterocycles. The van der Waals surface area contributed by atoms with Gasteiger partial charge in [-0.05, 0) is 38.0 Å². The van der Waals surface area contributed by atoms with E-state index < -0.39 is 9.84 Å². The molecular weight excluding hydrogens is 264 g/mol. The van der Waals surface area contributed by atoms with Crippen LogP contribution >= 0.6 is 0 Å². The second kappa shape index (κ2) is 5.79.